The minimum atomic E-state index is -0.152. The van der Waals surface area contributed by atoms with Crippen molar-refractivity contribution in [2.75, 3.05) is 56.0 Å². The molecule has 0 saturated heterocycles. The van der Waals surface area contributed by atoms with E-state index in [0.717, 1.165) is 71.3 Å². The number of hydrogen-bond donors (Lipinski definition) is 4. The third-order valence-corrected chi connectivity index (χ3v) is 9.42. The zero-order valence-electron chi connectivity index (χ0n) is 38.0. The lowest BCUT2D eigenvalue weighted by Crippen LogP contribution is -2.35. The number of unbranched alkanes of at least 4 members (excludes halogenated alkanes) is 1. The number of aliphatic imine (C=N–C) groups is 1. The topological polar surface area (TPSA) is 174 Å². The fraction of sp³-hybridized carbons (Fsp3) is 0.354. The van der Waals surface area contributed by atoms with Crippen LogP contribution in [-0.2, 0) is 23.7 Å². The molecule has 0 aliphatic heterocycles. The minimum absolute atomic E-state index is 0.0362. The van der Waals surface area contributed by atoms with Gasteiger partial charge in [-0.05, 0) is 91.9 Å². The summed E-state index contributed by atoms with van der Waals surface area (Å²) in [6.07, 6.45) is 11.1. The van der Waals surface area contributed by atoms with Crippen molar-refractivity contribution in [1.82, 2.24) is 14.0 Å². The van der Waals surface area contributed by atoms with Gasteiger partial charge in [0, 0.05) is 88.5 Å². The maximum Gasteiger partial charge on any atom is 0.272 e. The lowest BCUT2D eigenvalue weighted by atomic mass is 10.1. The number of aldehydes is 2. The van der Waals surface area contributed by atoms with Crippen LogP contribution < -0.4 is 31.2 Å². The standard InChI is InChI=1S/C20H30N2O4.C19H20N4O.C7H10N2O.C2H6/c1-5-9-22(15-24)17(6-2)14-21-18-13-20(26-11-8-7-10-23)19(25-4)12-16(18)3;1-21-16-7-3-13(4-8-16)14-11-18(23(2)12-14)19(24)22-17-9-5-15(20)6-10-17;1-8-6-3-7(5-10)9(2)4-6;1-2/h10,12-15,17H,5-9,11H2,1-4H3;3-12,21H,20H2,1-2H3,(H,22,24);3-5,8H,1-2H3;1-2H3. The highest BCUT2D eigenvalue weighted by Crippen LogP contribution is 2.35. The number of nitrogens with two attached hydrogens (primary N) is 1. The van der Waals surface area contributed by atoms with E-state index >= 15 is 0 Å². The van der Waals surface area contributed by atoms with Crippen LogP contribution in [0, 0.1) is 6.92 Å². The molecule has 62 heavy (non-hydrogen) atoms. The number of anilines is 4. The lowest BCUT2D eigenvalue weighted by molar-refractivity contribution is -0.119. The molecule has 2 heterocycles. The van der Waals surface area contributed by atoms with Gasteiger partial charge in [-0.15, -0.1) is 0 Å². The Balaban J connectivity index is 0.000000339. The van der Waals surface area contributed by atoms with Crippen LogP contribution in [-0.4, -0.2) is 85.5 Å². The number of aromatic nitrogens is 2. The fourth-order valence-corrected chi connectivity index (χ4v) is 5.93. The molecule has 0 bridgehead atoms. The van der Waals surface area contributed by atoms with Gasteiger partial charge in [-0.25, -0.2) is 0 Å². The number of benzene rings is 3. The number of ether oxygens (including phenoxy) is 2. The van der Waals surface area contributed by atoms with Crippen molar-refractivity contribution in [3.63, 3.8) is 0 Å². The Labute approximate surface area is 367 Å². The van der Waals surface area contributed by atoms with Gasteiger partial charge in [0.05, 0.1) is 36.8 Å². The number of hydrogen-bond acceptors (Lipinski definition) is 10. The van der Waals surface area contributed by atoms with Gasteiger partial charge < -0.3 is 50.0 Å². The van der Waals surface area contributed by atoms with Gasteiger partial charge in [0.25, 0.3) is 5.91 Å². The van der Waals surface area contributed by atoms with E-state index in [2.05, 4.69) is 20.9 Å². The summed E-state index contributed by atoms with van der Waals surface area (Å²) >= 11 is 0. The van der Waals surface area contributed by atoms with E-state index in [-0.39, 0.29) is 11.9 Å². The van der Waals surface area contributed by atoms with Gasteiger partial charge >= 0.3 is 0 Å². The highest BCUT2D eigenvalue weighted by Gasteiger charge is 2.15. The van der Waals surface area contributed by atoms with Crippen LogP contribution in [0.3, 0.4) is 0 Å². The summed E-state index contributed by atoms with van der Waals surface area (Å²) in [6.45, 7) is 11.2. The molecule has 0 aliphatic rings. The Bertz CT molecular complexity index is 2140. The second-order valence-electron chi connectivity index (χ2n) is 13.8. The van der Waals surface area contributed by atoms with Gasteiger partial charge in [0.15, 0.2) is 17.8 Å². The zero-order valence-corrected chi connectivity index (χ0v) is 38.0. The van der Waals surface area contributed by atoms with Crippen LogP contribution in [0.4, 0.5) is 28.4 Å². The SMILES string of the molecule is CC.CCCN(C=O)C(C=Nc1cc(OCCCC=O)c(OC)cc1C)CC.CNc1cc(C=O)n(C)c1.CNc1ccc(-c2cc(C(=O)Nc3ccc(N)cc3)n(C)c2)cc1. The number of nitrogen functional groups attached to an aromatic ring is 1. The van der Waals surface area contributed by atoms with Crippen LogP contribution in [0.25, 0.3) is 11.1 Å². The number of carbonyl (C=O) groups excluding carboxylic acids is 4. The minimum Gasteiger partial charge on any atom is -0.493 e. The number of rotatable bonds is 19. The van der Waals surface area contributed by atoms with Crippen molar-refractivity contribution in [3.8, 4) is 22.6 Å². The Morgan fingerprint density at radius 2 is 1.52 bits per heavy atom. The molecule has 1 atom stereocenters. The van der Waals surface area contributed by atoms with Crippen molar-refractivity contribution in [2.24, 2.45) is 19.1 Å². The van der Waals surface area contributed by atoms with E-state index in [0.29, 0.717) is 54.6 Å². The molecule has 2 amide bonds. The smallest absolute Gasteiger partial charge is 0.272 e. The zero-order chi connectivity index (χ0) is 46.0. The second kappa shape index (κ2) is 27.8. The summed E-state index contributed by atoms with van der Waals surface area (Å²) in [6, 6.07) is 22.5. The van der Waals surface area contributed by atoms with Crippen molar-refractivity contribution >= 4 is 59.5 Å². The molecule has 0 radical (unpaired) electrons. The van der Waals surface area contributed by atoms with Crippen molar-refractivity contribution in [1.29, 1.82) is 0 Å². The number of methoxy groups -OCH3 is 1. The predicted molar refractivity (Wildman–Crippen MR) is 255 cm³/mol. The molecule has 0 spiro atoms. The summed E-state index contributed by atoms with van der Waals surface area (Å²) in [4.78, 5) is 50.9. The molecule has 334 valence electrons. The average molecular weight is 851 g/mol. The number of aryl methyl sites for hydroxylation is 3. The lowest BCUT2D eigenvalue weighted by Gasteiger charge is -2.23. The van der Waals surface area contributed by atoms with Crippen LogP contribution in [0.2, 0.25) is 0 Å². The fourth-order valence-electron chi connectivity index (χ4n) is 5.93. The monoisotopic (exact) mass is 851 g/mol. The van der Waals surface area contributed by atoms with E-state index in [1.54, 1.807) is 46.9 Å². The van der Waals surface area contributed by atoms with Crippen LogP contribution in [0.15, 0.2) is 90.2 Å². The van der Waals surface area contributed by atoms with Crippen molar-refractivity contribution < 1.29 is 28.7 Å². The van der Waals surface area contributed by atoms with Crippen LogP contribution in [0.1, 0.15) is 79.9 Å². The first-order valence-corrected chi connectivity index (χ1v) is 20.9. The normalized spacial score (nSPS) is 10.7. The summed E-state index contributed by atoms with van der Waals surface area (Å²) in [5.74, 6) is 1.09. The summed E-state index contributed by atoms with van der Waals surface area (Å²) in [5.41, 5.74) is 14.1. The van der Waals surface area contributed by atoms with E-state index < -0.39 is 0 Å². The Morgan fingerprint density at radius 3 is 2.05 bits per heavy atom. The molecule has 14 heteroatoms. The molecule has 0 fully saturated rings. The number of nitrogens with one attached hydrogen (secondary N) is 3. The summed E-state index contributed by atoms with van der Waals surface area (Å²) in [5, 5.41) is 8.92. The Kier molecular flexibility index (Phi) is 23.0. The number of carbonyl (C=O) groups is 4. The molecule has 2 aromatic heterocycles. The van der Waals surface area contributed by atoms with Crippen LogP contribution >= 0.6 is 0 Å². The molecular weight excluding hydrogens is 785 g/mol. The quantitative estimate of drug-likeness (QED) is 0.0273. The molecule has 3 aromatic carbocycles. The molecule has 1 unspecified atom stereocenters. The molecule has 5 aromatic rings. The average Bonchev–Trinajstić information content (AvgIpc) is 3.88. The molecular formula is C48H66N8O6. The van der Waals surface area contributed by atoms with Gasteiger partial charge in [-0.2, -0.15) is 0 Å². The third-order valence-electron chi connectivity index (χ3n) is 9.42. The van der Waals surface area contributed by atoms with E-state index in [1.807, 2.05) is 128 Å². The predicted octanol–water partition coefficient (Wildman–Crippen LogP) is 9.18. The molecule has 5 rings (SSSR count). The van der Waals surface area contributed by atoms with E-state index in [1.165, 1.54) is 0 Å². The Morgan fingerprint density at radius 1 is 0.855 bits per heavy atom. The summed E-state index contributed by atoms with van der Waals surface area (Å²) in [7, 11) is 9.00. The summed E-state index contributed by atoms with van der Waals surface area (Å²) < 4.78 is 14.7. The molecule has 0 aliphatic carbocycles. The van der Waals surface area contributed by atoms with E-state index in [9.17, 15) is 19.2 Å². The second-order valence-corrected chi connectivity index (χ2v) is 13.8. The first-order chi connectivity index (χ1) is 29.9. The first kappa shape index (κ1) is 51.3. The maximum absolute atomic E-state index is 12.5. The first-order valence-electron chi connectivity index (χ1n) is 20.9. The molecule has 14 nitrogen and oxygen atoms in total. The van der Waals surface area contributed by atoms with Gasteiger partial charge in [-0.1, -0.05) is 39.8 Å². The molecule has 0 saturated carbocycles. The third kappa shape index (κ3) is 16.0. The number of nitrogens with zero attached hydrogens (tertiary/aromatic N) is 4. The molecule has 5 N–H and O–H groups in total. The van der Waals surface area contributed by atoms with Gasteiger partial charge in [0.1, 0.15) is 12.0 Å². The van der Waals surface area contributed by atoms with Gasteiger partial charge in [0.2, 0.25) is 6.41 Å². The van der Waals surface area contributed by atoms with Gasteiger partial charge in [-0.3, -0.25) is 19.4 Å². The number of amides is 2. The highest BCUT2D eigenvalue weighted by molar-refractivity contribution is 6.04. The van der Waals surface area contributed by atoms with Crippen LogP contribution in [0.5, 0.6) is 11.5 Å². The Hall–Kier alpha value is -6.83. The van der Waals surface area contributed by atoms with Crippen molar-refractivity contribution in [2.45, 2.75) is 66.3 Å². The highest BCUT2D eigenvalue weighted by atomic mass is 16.5. The van der Waals surface area contributed by atoms with E-state index in [4.69, 9.17) is 15.2 Å². The van der Waals surface area contributed by atoms with Crippen molar-refractivity contribution in [3.05, 3.63) is 102 Å². The maximum atomic E-state index is 12.5. The largest absolute Gasteiger partial charge is 0.493 e.